The molecule has 1 aromatic rings. The average Bonchev–Trinajstić information content (AvgIpc) is 2.30. The van der Waals surface area contributed by atoms with E-state index in [0.717, 1.165) is 5.56 Å². The quantitative estimate of drug-likeness (QED) is 0.418. The van der Waals surface area contributed by atoms with Crippen LogP contribution in [-0.2, 0) is 9.53 Å². The van der Waals surface area contributed by atoms with Crippen LogP contribution in [0.3, 0.4) is 0 Å². The third-order valence-electron chi connectivity index (χ3n) is 2.08. The lowest BCUT2D eigenvalue weighted by atomic mass is 10.0. The summed E-state index contributed by atoms with van der Waals surface area (Å²) in [4.78, 5) is 11.3. The van der Waals surface area contributed by atoms with Gasteiger partial charge in [0.25, 0.3) is 0 Å². The number of carbonyl (C=O) groups is 1. The highest BCUT2D eigenvalue weighted by Crippen LogP contribution is 2.18. The molecular weight excluding hydrogens is 190 g/mol. The summed E-state index contributed by atoms with van der Waals surface area (Å²) < 4.78 is 4.53. The predicted octanol–water partition coefficient (Wildman–Crippen LogP) is 2.16. The Bertz CT molecular complexity index is 427. The first-order valence-electron chi connectivity index (χ1n) is 4.45. The van der Waals surface area contributed by atoms with Crippen LogP contribution < -0.4 is 0 Å². The summed E-state index contributed by atoms with van der Waals surface area (Å²) in [6.45, 7) is 1.73. The Labute approximate surface area is 88.6 Å². The summed E-state index contributed by atoms with van der Waals surface area (Å²) in [5.41, 5.74) is 1.52. The number of carbonyl (C=O) groups excluding carboxylic acids is 1. The number of allylic oxidation sites excluding steroid dienone is 1. The standard InChI is InChI=1S/C12H11NO2/c1-9(10-6-4-3-5-7-10)11(8-13)12(14)15-2/h3-7H,1-2H3. The molecule has 76 valence electrons. The second kappa shape index (κ2) is 4.97. The van der Waals surface area contributed by atoms with Crippen LogP contribution in [0.2, 0.25) is 0 Å². The summed E-state index contributed by atoms with van der Waals surface area (Å²) in [5, 5.41) is 8.85. The number of ether oxygens (including phenoxy) is 1. The Balaban J connectivity index is 3.20. The molecule has 3 nitrogen and oxygen atoms in total. The third-order valence-corrected chi connectivity index (χ3v) is 2.08. The molecule has 0 fully saturated rings. The van der Waals surface area contributed by atoms with Crippen LogP contribution >= 0.6 is 0 Å². The molecule has 0 N–H and O–H groups in total. The van der Waals surface area contributed by atoms with E-state index in [1.165, 1.54) is 7.11 Å². The Morgan fingerprint density at radius 1 is 1.33 bits per heavy atom. The maximum absolute atomic E-state index is 11.3. The van der Waals surface area contributed by atoms with Gasteiger partial charge in [-0.15, -0.1) is 0 Å². The minimum absolute atomic E-state index is 0.0451. The molecule has 0 aliphatic heterocycles. The average molecular weight is 201 g/mol. The molecule has 0 saturated carbocycles. The third kappa shape index (κ3) is 2.44. The number of nitriles is 1. The monoisotopic (exact) mass is 201 g/mol. The maximum atomic E-state index is 11.3. The molecule has 0 heterocycles. The highest BCUT2D eigenvalue weighted by atomic mass is 16.5. The van der Waals surface area contributed by atoms with Crippen LogP contribution in [0.1, 0.15) is 12.5 Å². The van der Waals surface area contributed by atoms with Crippen molar-refractivity contribution < 1.29 is 9.53 Å². The van der Waals surface area contributed by atoms with Crippen molar-refractivity contribution in [1.82, 2.24) is 0 Å². The normalized spacial score (nSPS) is 11.3. The van der Waals surface area contributed by atoms with Gasteiger partial charge in [-0.2, -0.15) is 5.26 Å². The van der Waals surface area contributed by atoms with Crippen LogP contribution in [-0.4, -0.2) is 13.1 Å². The zero-order chi connectivity index (χ0) is 11.3. The molecule has 15 heavy (non-hydrogen) atoms. The number of hydrogen-bond acceptors (Lipinski definition) is 3. The Kier molecular flexibility index (Phi) is 3.64. The summed E-state index contributed by atoms with van der Waals surface area (Å²) in [5.74, 6) is -0.598. The second-order valence-electron chi connectivity index (χ2n) is 2.97. The summed E-state index contributed by atoms with van der Waals surface area (Å²) >= 11 is 0. The Hall–Kier alpha value is -2.08. The molecule has 0 aliphatic carbocycles. The van der Waals surface area contributed by atoms with E-state index >= 15 is 0 Å². The van der Waals surface area contributed by atoms with E-state index in [4.69, 9.17) is 5.26 Å². The molecule has 0 aromatic heterocycles. The number of nitrogens with zero attached hydrogens (tertiary/aromatic N) is 1. The lowest BCUT2D eigenvalue weighted by Gasteiger charge is -2.03. The summed E-state index contributed by atoms with van der Waals surface area (Å²) in [6, 6.07) is 11.1. The van der Waals surface area contributed by atoms with Crippen LogP contribution in [0, 0.1) is 11.3 Å². The fraction of sp³-hybridized carbons (Fsp3) is 0.167. The van der Waals surface area contributed by atoms with Gasteiger partial charge in [-0.1, -0.05) is 30.3 Å². The molecule has 0 atom stereocenters. The minimum atomic E-state index is -0.598. The largest absolute Gasteiger partial charge is 0.465 e. The van der Waals surface area contributed by atoms with Gasteiger partial charge in [0.05, 0.1) is 7.11 Å². The maximum Gasteiger partial charge on any atom is 0.348 e. The van der Waals surface area contributed by atoms with Crippen LogP contribution in [0.15, 0.2) is 35.9 Å². The molecule has 1 rings (SSSR count). The topological polar surface area (TPSA) is 50.1 Å². The first kappa shape index (κ1) is 11.0. The van der Waals surface area contributed by atoms with Gasteiger partial charge in [0, 0.05) is 0 Å². The molecule has 0 bridgehead atoms. The Morgan fingerprint density at radius 3 is 2.40 bits per heavy atom. The minimum Gasteiger partial charge on any atom is -0.465 e. The van der Waals surface area contributed by atoms with Crippen molar-refractivity contribution in [3.63, 3.8) is 0 Å². The predicted molar refractivity (Wildman–Crippen MR) is 56.7 cm³/mol. The first-order chi connectivity index (χ1) is 7.20. The van der Waals surface area contributed by atoms with Gasteiger partial charge in [0.1, 0.15) is 11.6 Å². The fourth-order valence-electron chi connectivity index (χ4n) is 1.22. The van der Waals surface area contributed by atoms with Crippen molar-refractivity contribution in [3.05, 3.63) is 41.5 Å². The van der Waals surface area contributed by atoms with Crippen molar-refractivity contribution in [3.8, 4) is 6.07 Å². The van der Waals surface area contributed by atoms with Crippen LogP contribution in [0.25, 0.3) is 5.57 Å². The SMILES string of the molecule is COC(=O)C(C#N)=C(C)c1ccccc1. The van der Waals surface area contributed by atoms with Crippen molar-refractivity contribution >= 4 is 11.5 Å². The molecule has 0 amide bonds. The van der Waals surface area contributed by atoms with Gasteiger partial charge in [-0.25, -0.2) is 4.79 Å². The van der Waals surface area contributed by atoms with Gasteiger partial charge in [-0.05, 0) is 18.1 Å². The van der Waals surface area contributed by atoms with Gasteiger partial charge in [0.2, 0.25) is 0 Å². The van der Waals surface area contributed by atoms with Crippen molar-refractivity contribution in [2.45, 2.75) is 6.92 Å². The highest BCUT2D eigenvalue weighted by molar-refractivity contribution is 6.01. The number of hydrogen-bond donors (Lipinski definition) is 0. The Morgan fingerprint density at radius 2 is 1.93 bits per heavy atom. The van der Waals surface area contributed by atoms with Gasteiger partial charge >= 0.3 is 5.97 Å². The van der Waals surface area contributed by atoms with Gasteiger partial charge < -0.3 is 4.74 Å². The zero-order valence-corrected chi connectivity index (χ0v) is 8.65. The smallest absolute Gasteiger partial charge is 0.348 e. The second-order valence-corrected chi connectivity index (χ2v) is 2.97. The number of esters is 1. The van der Waals surface area contributed by atoms with E-state index in [9.17, 15) is 4.79 Å². The molecule has 0 aliphatic rings. The van der Waals surface area contributed by atoms with Gasteiger partial charge in [-0.3, -0.25) is 0 Å². The van der Waals surface area contributed by atoms with Crippen LogP contribution in [0.4, 0.5) is 0 Å². The van der Waals surface area contributed by atoms with Crippen molar-refractivity contribution in [2.75, 3.05) is 7.11 Å². The van der Waals surface area contributed by atoms with E-state index in [0.29, 0.717) is 5.57 Å². The van der Waals surface area contributed by atoms with E-state index in [1.807, 2.05) is 36.4 Å². The lowest BCUT2D eigenvalue weighted by Crippen LogP contribution is -2.05. The molecule has 1 aromatic carbocycles. The molecule has 0 spiro atoms. The lowest BCUT2D eigenvalue weighted by molar-refractivity contribution is -0.135. The van der Waals surface area contributed by atoms with Crippen molar-refractivity contribution in [2.24, 2.45) is 0 Å². The zero-order valence-electron chi connectivity index (χ0n) is 8.65. The van der Waals surface area contributed by atoms with E-state index in [1.54, 1.807) is 6.92 Å². The molecule has 0 saturated heterocycles. The summed E-state index contributed by atoms with van der Waals surface area (Å²) in [7, 11) is 1.26. The van der Waals surface area contributed by atoms with E-state index in [2.05, 4.69) is 4.74 Å². The molecule has 0 radical (unpaired) electrons. The van der Waals surface area contributed by atoms with Crippen molar-refractivity contribution in [1.29, 1.82) is 5.26 Å². The van der Waals surface area contributed by atoms with E-state index < -0.39 is 5.97 Å². The highest BCUT2D eigenvalue weighted by Gasteiger charge is 2.13. The number of methoxy groups -OCH3 is 1. The number of benzene rings is 1. The number of rotatable bonds is 2. The first-order valence-corrected chi connectivity index (χ1v) is 4.45. The fourth-order valence-corrected chi connectivity index (χ4v) is 1.22. The van der Waals surface area contributed by atoms with E-state index in [-0.39, 0.29) is 5.57 Å². The van der Waals surface area contributed by atoms with Crippen LogP contribution in [0.5, 0.6) is 0 Å². The summed E-state index contributed by atoms with van der Waals surface area (Å²) in [6.07, 6.45) is 0. The molecule has 3 heteroatoms. The molecular formula is C12H11NO2. The molecule has 0 unspecified atom stereocenters. The van der Waals surface area contributed by atoms with Gasteiger partial charge in [0.15, 0.2) is 0 Å².